The third kappa shape index (κ3) is 7.19. The van der Waals surface area contributed by atoms with E-state index in [-0.39, 0.29) is 26.5 Å². The number of benzene rings is 1. The van der Waals surface area contributed by atoms with Crippen molar-refractivity contribution in [3.05, 3.63) is 80.0 Å². The molecule has 1 aromatic carbocycles. The SMILES string of the molecule is [CH2-]C(C)(C)C.[Pt+2].[c-]1c(-c2ccccn2)cccc1-c1ccccn1. The number of hydrogen-bond acceptors (Lipinski definition) is 2. The van der Waals surface area contributed by atoms with Crippen LogP contribution in [-0.2, 0) is 21.1 Å². The maximum Gasteiger partial charge on any atom is 2.00 e. The molecule has 0 amide bonds. The Morgan fingerprint density at radius 2 is 1.17 bits per heavy atom. The van der Waals surface area contributed by atoms with Crippen LogP contribution in [0.4, 0.5) is 0 Å². The van der Waals surface area contributed by atoms with Crippen LogP contribution in [-0.4, -0.2) is 9.97 Å². The third-order valence-corrected chi connectivity index (χ3v) is 2.68. The molecule has 0 spiro atoms. The second-order valence-corrected chi connectivity index (χ2v) is 6.47. The molecule has 0 aliphatic carbocycles. The molecule has 3 aromatic rings. The van der Waals surface area contributed by atoms with E-state index in [1.807, 2.05) is 54.6 Å². The zero-order valence-electron chi connectivity index (χ0n) is 14.3. The molecule has 0 unspecified atom stereocenters. The molecule has 2 aromatic heterocycles. The molecule has 0 saturated carbocycles. The number of hydrogen-bond donors (Lipinski definition) is 0. The topological polar surface area (TPSA) is 25.8 Å². The fourth-order valence-corrected chi connectivity index (χ4v) is 1.81. The Hall–Kier alpha value is -1.79. The first-order valence-electron chi connectivity index (χ1n) is 7.64. The van der Waals surface area contributed by atoms with Crippen molar-refractivity contribution in [2.24, 2.45) is 5.41 Å². The zero-order chi connectivity index (χ0) is 16.7. The van der Waals surface area contributed by atoms with E-state index in [1.165, 1.54) is 0 Å². The molecule has 0 aliphatic heterocycles. The van der Waals surface area contributed by atoms with Crippen LogP contribution in [0.15, 0.2) is 67.0 Å². The van der Waals surface area contributed by atoms with Gasteiger partial charge < -0.3 is 6.92 Å². The van der Waals surface area contributed by atoms with Gasteiger partial charge in [0.2, 0.25) is 0 Å². The Morgan fingerprint density at radius 3 is 1.50 bits per heavy atom. The summed E-state index contributed by atoms with van der Waals surface area (Å²) in [5.41, 5.74) is 4.07. The summed E-state index contributed by atoms with van der Waals surface area (Å²) in [5, 5.41) is 0. The maximum atomic E-state index is 4.33. The van der Waals surface area contributed by atoms with Crippen LogP contribution in [0.5, 0.6) is 0 Å². The summed E-state index contributed by atoms with van der Waals surface area (Å²) < 4.78 is 0. The molecule has 0 radical (unpaired) electrons. The van der Waals surface area contributed by atoms with Crippen LogP contribution in [0.3, 0.4) is 0 Å². The normalized spacial score (nSPS) is 10.2. The molecule has 0 N–H and O–H groups in total. The van der Waals surface area contributed by atoms with Gasteiger partial charge in [0.25, 0.3) is 0 Å². The second kappa shape index (κ2) is 9.49. The first-order chi connectivity index (χ1) is 10.9. The van der Waals surface area contributed by atoms with Crippen molar-refractivity contribution < 1.29 is 21.1 Å². The number of aromatic nitrogens is 2. The van der Waals surface area contributed by atoms with E-state index < -0.39 is 0 Å². The molecule has 0 saturated heterocycles. The predicted octanol–water partition coefficient (Wildman–Crippen LogP) is 5.47. The van der Waals surface area contributed by atoms with E-state index in [0.717, 1.165) is 22.5 Å². The summed E-state index contributed by atoms with van der Waals surface area (Å²) in [4.78, 5) is 8.66. The maximum absolute atomic E-state index is 4.33. The monoisotopic (exact) mass is 497 g/mol. The Morgan fingerprint density at radius 1 is 0.750 bits per heavy atom. The molecule has 2 heterocycles. The zero-order valence-corrected chi connectivity index (χ0v) is 16.5. The van der Waals surface area contributed by atoms with Gasteiger partial charge in [-0.15, -0.1) is 24.3 Å². The van der Waals surface area contributed by atoms with Crippen molar-refractivity contribution in [1.29, 1.82) is 0 Å². The molecule has 3 rings (SSSR count). The first-order valence-corrected chi connectivity index (χ1v) is 7.64. The van der Waals surface area contributed by atoms with Gasteiger partial charge in [-0.25, -0.2) is 0 Å². The van der Waals surface area contributed by atoms with Crippen LogP contribution in [0.1, 0.15) is 20.8 Å². The molecule has 126 valence electrons. The number of pyridine rings is 2. The molecular weight excluding hydrogens is 475 g/mol. The molecule has 0 fully saturated rings. The van der Waals surface area contributed by atoms with Gasteiger partial charge in [0.05, 0.1) is 0 Å². The molecule has 0 aliphatic rings. The van der Waals surface area contributed by atoms with Gasteiger partial charge in [0, 0.05) is 23.8 Å². The minimum atomic E-state index is 0. The van der Waals surface area contributed by atoms with Gasteiger partial charge in [-0.1, -0.05) is 56.2 Å². The number of rotatable bonds is 2. The smallest absolute Gasteiger partial charge is 0.338 e. The van der Waals surface area contributed by atoms with Gasteiger partial charge in [-0.05, 0) is 12.1 Å². The van der Waals surface area contributed by atoms with Crippen LogP contribution < -0.4 is 0 Å². The fourth-order valence-electron chi connectivity index (χ4n) is 1.81. The molecule has 24 heavy (non-hydrogen) atoms. The summed E-state index contributed by atoms with van der Waals surface area (Å²) in [6.07, 6.45) is 3.58. The van der Waals surface area contributed by atoms with E-state index >= 15 is 0 Å². The van der Waals surface area contributed by atoms with Gasteiger partial charge in [-0.3, -0.25) is 9.97 Å². The van der Waals surface area contributed by atoms with Gasteiger partial charge in [0.1, 0.15) is 0 Å². The second-order valence-electron chi connectivity index (χ2n) is 6.47. The Kier molecular flexibility index (Phi) is 8.01. The Bertz CT molecular complexity index is 659. The van der Waals surface area contributed by atoms with E-state index in [9.17, 15) is 0 Å². The minimum absolute atomic E-state index is 0. The quantitative estimate of drug-likeness (QED) is 0.439. The summed E-state index contributed by atoms with van der Waals surface area (Å²) in [6, 6.07) is 21.1. The largest absolute Gasteiger partial charge is 2.00 e. The fraction of sp³-hybridized carbons (Fsp3) is 0.190. The average molecular weight is 497 g/mol. The Balaban J connectivity index is 0.000000425. The summed E-state index contributed by atoms with van der Waals surface area (Å²) >= 11 is 0. The number of nitrogens with zero attached hydrogens (tertiary/aromatic N) is 2. The van der Waals surface area contributed by atoms with Crippen molar-refractivity contribution in [2.45, 2.75) is 20.8 Å². The molecule has 3 heteroatoms. The predicted molar refractivity (Wildman–Crippen MR) is 96.6 cm³/mol. The minimum Gasteiger partial charge on any atom is -0.338 e. The molecule has 0 bridgehead atoms. The van der Waals surface area contributed by atoms with E-state index in [0.29, 0.717) is 0 Å². The van der Waals surface area contributed by atoms with Crippen LogP contribution >= 0.6 is 0 Å². The summed E-state index contributed by atoms with van der Waals surface area (Å²) in [5.74, 6) is 0. The molecule has 0 atom stereocenters. The van der Waals surface area contributed by atoms with Crippen LogP contribution in [0.25, 0.3) is 22.5 Å². The van der Waals surface area contributed by atoms with Gasteiger partial charge in [0.15, 0.2) is 0 Å². The van der Waals surface area contributed by atoms with E-state index in [2.05, 4.69) is 43.7 Å². The first kappa shape index (κ1) is 20.3. The van der Waals surface area contributed by atoms with Crippen molar-refractivity contribution >= 4 is 0 Å². The standard InChI is InChI=1S/C16H11N2.C5H11.Pt/c1-3-10-17-15(8-1)13-6-5-7-14(12-13)16-9-2-4-11-18-16;1-5(2,3)4;/h1-11H;1H2,2-4H3;/q2*-1;+2. The third-order valence-electron chi connectivity index (χ3n) is 2.68. The van der Waals surface area contributed by atoms with Crippen molar-refractivity contribution in [3.63, 3.8) is 0 Å². The Labute approximate surface area is 159 Å². The molecular formula is C21H22N2Pt. The van der Waals surface area contributed by atoms with Gasteiger partial charge >= 0.3 is 21.1 Å². The van der Waals surface area contributed by atoms with Crippen LogP contribution in [0, 0.1) is 18.4 Å². The van der Waals surface area contributed by atoms with E-state index in [1.54, 1.807) is 12.4 Å². The average Bonchev–Trinajstić information content (AvgIpc) is 2.55. The van der Waals surface area contributed by atoms with Crippen LogP contribution in [0.2, 0.25) is 0 Å². The summed E-state index contributed by atoms with van der Waals surface area (Å²) in [7, 11) is 0. The summed E-state index contributed by atoms with van der Waals surface area (Å²) in [6.45, 7) is 10.0. The molecule has 2 nitrogen and oxygen atoms in total. The van der Waals surface area contributed by atoms with Crippen molar-refractivity contribution in [2.75, 3.05) is 0 Å². The van der Waals surface area contributed by atoms with E-state index in [4.69, 9.17) is 0 Å². The van der Waals surface area contributed by atoms with Crippen molar-refractivity contribution in [3.8, 4) is 22.5 Å². The van der Waals surface area contributed by atoms with Crippen molar-refractivity contribution in [1.82, 2.24) is 9.97 Å². The van der Waals surface area contributed by atoms with Gasteiger partial charge in [-0.2, -0.15) is 5.41 Å².